The highest BCUT2D eigenvalue weighted by molar-refractivity contribution is 7.18. The third-order valence-electron chi connectivity index (χ3n) is 4.61. The lowest BCUT2D eigenvalue weighted by Crippen LogP contribution is -2.32. The van der Waals surface area contributed by atoms with Crippen molar-refractivity contribution < 1.29 is 9.59 Å². The van der Waals surface area contributed by atoms with Crippen LogP contribution >= 0.6 is 11.3 Å². The number of hydrogen-bond acceptors (Lipinski definition) is 5. The SMILES string of the molecule is Cc1sc2nc(CCC(=O)N3CCC(C(N)=O)C3)[nH]c(=O)c2c1C. The molecule has 0 bridgehead atoms. The highest BCUT2D eigenvalue weighted by atomic mass is 32.1. The van der Waals surface area contributed by atoms with Crippen molar-refractivity contribution in [1.82, 2.24) is 14.9 Å². The zero-order chi connectivity index (χ0) is 17.4. The van der Waals surface area contributed by atoms with Crippen LogP contribution in [0.15, 0.2) is 4.79 Å². The van der Waals surface area contributed by atoms with Crippen LogP contribution < -0.4 is 11.3 Å². The number of nitrogens with zero attached hydrogens (tertiary/aromatic N) is 2. The first-order chi connectivity index (χ1) is 11.4. The molecule has 1 atom stereocenters. The summed E-state index contributed by atoms with van der Waals surface area (Å²) in [6.07, 6.45) is 1.25. The molecular formula is C16H20N4O3S. The lowest BCUT2D eigenvalue weighted by Gasteiger charge is -2.15. The summed E-state index contributed by atoms with van der Waals surface area (Å²) in [6.45, 7) is 4.82. The van der Waals surface area contributed by atoms with Gasteiger partial charge in [-0.1, -0.05) is 0 Å². The number of primary amides is 1. The Labute approximate surface area is 142 Å². The monoisotopic (exact) mass is 348 g/mol. The van der Waals surface area contributed by atoms with E-state index in [4.69, 9.17) is 5.73 Å². The molecule has 7 nitrogen and oxygen atoms in total. The number of aromatic nitrogens is 2. The molecule has 3 rings (SSSR count). The average Bonchev–Trinajstić information content (AvgIpc) is 3.11. The lowest BCUT2D eigenvalue weighted by molar-refractivity contribution is -0.130. The smallest absolute Gasteiger partial charge is 0.259 e. The predicted octanol–water partition coefficient (Wildman–Crippen LogP) is 0.868. The molecule has 24 heavy (non-hydrogen) atoms. The van der Waals surface area contributed by atoms with Crippen LogP contribution in [0.5, 0.6) is 0 Å². The van der Waals surface area contributed by atoms with Gasteiger partial charge in [-0.15, -0.1) is 11.3 Å². The third-order valence-corrected chi connectivity index (χ3v) is 5.71. The van der Waals surface area contributed by atoms with Crippen LogP contribution in [0.25, 0.3) is 10.2 Å². The van der Waals surface area contributed by atoms with E-state index in [1.54, 1.807) is 4.90 Å². The summed E-state index contributed by atoms with van der Waals surface area (Å²) < 4.78 is 0. The zero-order valence-corrected chi connectivity index (χ0v) is 14.5. The highest BCUT2D eigenvalue weighted by Crippen LogP contribution is 2.25. The molecule has 1 aliphatic heterocycles. The topological polar surface area (TPSA) is 109 Å². The molecule has 1 fully saturated rings. The van der Waals surface area contributed by atoms with Gasteiger partial charge in [-0.05, 0) is 25.8 Å². The van der Waals surface area contributed by atoms with Crippen LogP contribution in [0.1, 0.15) is 29.1 Å². The van der Waals surface area contributed by atoms with Crippen LogP contribution in [0.3, 0.4) is 0 Å². The molecule has 2 amide bonds. The number of likely N-dealkylation sites (tertiary alicyclic amines) is 1. The van der Waals surface area contributed by atoms with Crippen molar-refractivity contribution in [2.45, 2.75) is 33.1 Å². The molecule has 3 heterocycles. The second-order valence-corrected chi connectivity index (χ2v) is 7.41. The third kappa shape index (κ3) is 3.06. The van der Waals surface area contributed by atoms with Crippen LogP contribution in [0.4, 0.5) is 0 Å². The van der Waals surface area contributed by atoms with E-state index in [0.717, 1.165) is 10.4 Å². The van der Waals surface area contributed by atoms with E-state index < -0.39 is 0 Å². The number of amides is 2. The Morgan fingerprint density at radius 1 is 1.42 bits per heavy atom. The summed E-state index contributed by atoms with van der Waals surface area (Å²) in [6, 6.07) is 0. The summed E-state index contributed by atoms with van der Waals surface area (Å²) in [5, 5.41) is 0.636. The molecule has 0 aliphatic carbocycles. The van der Waals surface area contributed by atoms with E-state index in [9.17, 15) is 14.4 Å². The van der Waals surface area contributed by atoms with Gasteiger partial charge in [-0.25, -0.2) is 4.98 Å². The molecule has 0 radical (unpaired) electrons. The molecule has 1 saturated heterocycles. The van der Waals surface area contributed by atoms with E-state index in [2.05, 4.69) is 9.97 Å². The van der Waals surface area contributed by atoms with E-state index in [1.165, 1.54) is 11.3 Å². The highest BCUT2D eigenvalue weighted by Gasteiger charge is 2.29. The van der Waals surface area contributed by atoms with Crippen molar-refractivity contribution in [2.24, 2.45) is 11.7 Å². The maximum absolute atomic E-state index is 12.3. The van der Waals surface area contributed by atoms with Crippen molar-refractivity contribution in [3.8, 4) is 0 Å². The van der Waals surface area contributed by atoms with Crippen molar-refractivity contribution in [3.63, 3.8) is 0 Å². The Bertz CT molecular complexity index is 870. The maximum atomic E-state index is 12.3. The Balaban J connectivity index is 1.69. The largest absolute Gasteiger partial charge is 0.369 e. The number of fused-ring (bicyclic) bond motifs is 1. The van der Waals surface area contributed by atoms with Gasteiger partial charge in [0.15, 0.2) is 0 Å². The van der Waals surface area contributed by atoms with Gasteiger partial charge in [0.05, 0.1) is 11.3 Å². The van der Waals surface area contributed by atoms with Crippen LogP contribution in [0.2, 0.25) is 0 Å². The molecule has 0 saturated carbocycles. The van der Waals surface area contributed by atoms with Gasteiger partial charge in [0.1, 0.15) is 10.7 Å². The standard InChI is InChI=1S/C16H20N4O3S/c1-8-9(2)24-16-13(8)15(23)18-11(19-16)3-4-12(21)20-6-5-10(7-20)14(17)22/h10H,3-7H2,1-2H3,(H2,17,22)(H,18,19,23). The van der Waals surface area contributed by atoms with Crippen LogP contribution in [0, 0.1) is 19.8 Å². The van der Waals surface area contributed by atoms with Crippen LogP contribution in [-0.2, 0) is 16.0 Å². The fourth-order valence-corrected chi connectivity index (χ4v) is 4.07. The Morgan fingerprint density at radius 2 is 2.17 bits per heavy atom. The molecule has 8 heteroatoms. The fourth-order valence-electron chi connectivity index (χ4n) is 3.02. The summed E-state index contributed by atoms with van der Waals surface area (Å²) in [4.78, 5) is 46.3. The molecule has 1 aliphatic rings. The number of H-pyrrole nitrogens is 1. The minimum absolute atomic E-state index is 0.0416. The second-order valence-electron chi connectivity index (χ2n) is 6.20. The first kappa shape index (κ1) is 16.6. The van der Waals surface area contributed by atoms with E-state index in [0.29, 0.717) is 42.0 Å². The first-order valence-electron chi connectivity index (χ1n) is 7.92. The summed E-state index contributed by atoms with van der Waals surface area (Å²) in [5.74, 6) is -0.127. The summed E-state index contributed by atoms with van der Waals surface area (Å²) in [7, 11) is 0. The molecular weight excluding hydrogens is 328 g/mol. The molecule has 2 aromatic rings. The molecule has 1 unspecified atom stereocenters. The Kier molecular flexibility index (Phi) is 4.40. The molecule has 2 aromatic heterocycles. The number of carbonyl (C=O) groups is 2. The van der Waals surface area contributed by atoms with Gasteiger partial charge in [0.25, 0.3) is 5.56 Å². The first-order valence-corrected chi connectivity index (χ1v) is 8.74. The Hall–Kier alpha value is -2.22. The summed E-state index contributed by atoms with van der Waals surface area (Å²) in [5.41, 5.74) is 6.09. The van der Waals surface area contributed by atoms with E-state index >= 15 is 0 Å². The van der Waals surface area contributed by atoms with Gasteiger partial charge in [0, 0.05) is 30.8 Å². The normalized spacial score (nSPS) is 17.6. The van der Waals surface area contributed by atoms with Gasteiger partial charge >= 0.3 is 0 Å². The minimum Gasteiger partial charge on any atom is -0.369 e. The quantitative estimate of drug-likeness (QED) is 0.854. The van der Waals surface area contributed by atoms with E-state index in [1.807, 2.05) is 13.8 Å². The number of nitrogens with two attached hydrogens (primary N) is 1. The Morgan fingerprint density at radius 3 is 2.83 bits per heavy atom. The average molecular weight is 348 g/mol. The summed E-state index contributed by atoms with van der Waals surface area (Å²) >= 11 is 1.49. The number of carbonyl (C=O) groups excluding carboxylic acids is 2. The number of rotatable bonds is 4. The molecule has 128 valence electrons. The zero-order valence-electron chi connectivity index (χ0n) is 13.7. The molecule has 0 spiro atoms. The minimum atomic E-state index is -0.356. The second kappa shape index (κ2) is 6.35. The number of hydrogen-bond donors (Lipinski definition) is 2. The van der Waals surface area contributed by atoms with Crippen molar-refractivity contribution in [3.05, 3.63) is 26.6 Å². The van der Waals surface area contributed by atoms with Gasteiger partial charge in [-0.2, -0.15) is 0 Å². The van der Waals surface area contributed by atoms with Gasteiger partial charge < -0.3 is 15.6 Å². The van der Waals surface area contributed by atoms with Crippen LogP contribution in [-0.4, -0.2) is 39.8 Å². The van der Waals surface area contributed by atoms with Crippen molar-refractivity contribution >= 4 is 33.4 Å². The maximum Gasteiger partial charge on any atom is 0.259 e. The molecule has 0 aromatic carbocycles. The number of nitrogens with one attached hydrogen (secondary N) is 1. The number of aryl methyl sites for hydroxylation is 3. The predicted molar refractivity (Wildman–Crippen MR) is 91.9 cm³/mol. The molecule has 3 N–H and O–H groups in total. The number of thiophene rings is 1. The lowest BCUT2D eigenvalue weighted by atomic mass is 10.1. The van der Waals surface area contributed by atoms with Crippen molar-refractivity contribution in [1.29, 1.82) is 0 Å². The van der Waals surface area contributed by atoms with E-state index in [-0.39, 0.29) is 29.7 Å². The van der Waals surface area contributed by atoms with Gasteiger partial charge in [-0.3, -0.25) is 14.4 Å². The van der Waals surface area contributed by atoms with Crippen molar-refractivity contribution in [2.75, 3.05) is 13.1 Å². The number of aromatic amines is 1. The fraction of sp³-hybridized carbons (Fsp3) is 0.500. The van der Waals surface area contributed by atoms with Gasteiger partial charge in [0.2, 0.25) is 11.8 Å².